The first-order chi connectivity index (χ1) is 44.6. The molecule has 0 aromatic heterocycles. The number of nitrogens with two attached hydrogens (primary N) is 1. The Morgan fingerprint density at radius 2 is 1.00 bits per heavy atom. The molecule has 94 heavy (non-hydrogen) atoms. The predicted molar refractivity (Wildman–Crippen MR) is 363 cm³/mol. The summed E-state index contributed by atoms with van der Waals surface area (Å²) < 4.78 is 11.1. The molecule has 0 radical (unpaired) electrons. The summed E-state index contributed by atoms with van der Waals surface area (Å²) in [4.78, 5) is 23.4. The summed E-state index contributed by atoms with van der Waals surface area (Å²) >= 11 is 0. The number of aliphatic hydroxyl groups excluding tert-OH is 16. The quantitative estimate of drug-likeness (QED) is 0.0225. The van der Waals surface area contributed by atoms with Gasteiger partial charge in [-0.2, -0.15) is 0 Å². The lowest BCUT2D eigenvalue weighted by atomic mass is 9.89. The number of hydrogen-bond donors (Lipinski definition) is 18. The second kappa shape index (κ2) is 50.9. The van der Waals surface area contributed by atoms with Crippen LogP contribution in [-0.2, 0) is 19.1 Å². The van der Waals surface area contributed by atoms with Gasteiger partial charge in [-0.15, -0.1) is 0 Å². The van der Waals surface area contributed by atoms with Gasteiger partial charge in [0.05, 0.1) is 85.5 Å². The van der Waals surface area contributed by atoms with Crippen molar-refractivity contribution in [2.75, 3.05) is 6.54 Å². The first-order valence-corrected chi connectivity index (χ1v) is 32.7. The van der Waals surface area contributed by atoms with Crippen molar-refractivity contribution >= 4 is 11.7 Å². The van der Waals surface area contributed by atoms with Gasteiger partial charge in [0.15, 0.2) is 12.1 Å². The third-order valence-electron chi connectivity index (χ3n) is 15.3. The van der Waals surface area contributed by atoms with Crippen LogP contribution in [0.4, 0.5) is 0 Å². The van der Waals surface area contributed by atoms with E-state index in [0.717, 1.165) is 0 Å². The zero-order valence-electron chi connectivity index (χ0n) is 55.6. The average molecular weight is 1330 g/mol. The molecule has 22 nitrogen and oxygen atoms in total. The molecule has 1 amide bonds. The summed E-state index contributed by atoms with van der Waals surface area (Å²) in [6, 6.07) is 0. The number of carbonyl (C=O) groups is 2. The zero-order valence-corrected chi connectivity index (χ0v) is 55.6. The molecule has 0 saturated carbocycles. The van der Waals surface area contributed by atoms with E-state index in [1.54, 1.807) is 56.4 Å². The normalized spacial score (nSPS) is 23.8. The molecule has 2 aliphatic rings. The second-order valence-electron chi connectivity index (χ2n) is 24.5. The zero-order chi connectivity index (χ0) is 70.5. The molecule has 0 spiro atoms. The van der Waals surface area contributed by atoms with Crippen LogP contribution in [0, 0.1) is 17.8 Å². The Kier molecular flexibility index (Phi) is 46.9. The molecule has 20 unspecified atom stereocenters. The highest BCUT2D eigenvalue weighted by molar-refractivity contribution is 6.03. The Morgan fingerprint density at radius 1 is 0.543 bits per heavy atom. The van der Waals surface area contributed by atoms with Gasteiger partial charge in [-0.1, -0.05) is 180 Å². The first-order valence-electron chi connectivity index (χ1n) is 32.7. The molecule has 1 fully saturated rings. The minimum atomic E-state index is -1.32. The SMILES string of the molecule is CC(C)C(O)CC(O)CC(O)CC(O)/C=C/CC(O)CC(O)CC(O)CC(O)/C=C/CC(O)CC(O)CCCN.CC(C/C=C/C=C/C=C/C=C/C=C/C(O)C(C)C(O)C(C)/C=C/C=C/C=C/C=C/C=C/C=C/C(=O)NC1=C(O)CCC1=O)OC1OC(C)C(O)C(O)C1O. The molecule has 22 heteroatoms. The van der Waals surface area contributed by atoms with Gasteiger partial charge >= 0.3 is 0 Å². The number of aliphatic hydroxyl groups is 16. The minimum absolute atomic E-state index is 0.00727. The van der Waals surface area contributed by atoms with E-state index in [0.29, 0.717) is 25.8 Å². The lowest BCUT2D eigenvalue weighted by molar-refractivity contribution is -0.302. The number of amides is 1. The number of rotatable bonds is 44. The van der Waals surface area contributed by atoms with E-state index in [9.17, 15) is 91.3 Å². The molecule has 1 aliphatic carbocycles. The number of ether oxygens (including phenoxy) is 2. The van der Waals surface area contributed by atoms with Gasteiger partial charge in [0.25, 0.3) is 0 Å². The Morgan fingerprint density at radius 3 is 1.50 bits per heavy atom. The van der Waals surface area contributed by atoms with Crippen LogP contribution in [0.1, 0.15) is 131 Å². The van der Waals surface area contributed by atoms with Crippen LogP contribution in [0.5, 0.6) is 0 Å². The van der Waals surface area contributed by atoms with E-state index in [4.69, 9.17) is 15.2 Å². The van der Waals surface area contributed by atoms with Crippen LogP contribution in [0.15, 0.2) is 169 Å². The van der Waals surface area contributed by atoms with Crippen molar-refractivity contribution in [3.63, 3.8) is 0 Å². The predicted octanol–water partition coefficient (Wildman–Crippen LogP) is 4.58. The maximum Gasteiger partial charge on any atom is 0.248 e. The number of Topliss-reactive ketones (excluding diaryl/α,β-unsaturated/α-hetero) is 1. The van der Waals surface area contributed by atoms with Gasteiger partial charge in [0.2, 0.25) is 5.91 Å². The maximum absolute atomic E-state index is 11.8. The maximum atomic E-state index is 11.8. The fourth-order valence-electron chi connectivity index (χ4n) is 9.49. The molecule has 2 rings (SSSR count). The molecular formula is C72H114N2O20. The molecule has 1 heterocycles. The molecular weight excluding hydrogens is 1210 g/mol. The molecule has 19 N–H and O–H groups in total. The summed E-state index contributed by atoms with van der Waals surface area (Å²) in [5, 5.41) is 163. The van der Waals surface area contributed by atoms with Crippen LogP contribution in [0.25, 0.3) is 0 Å². The number of nitrogens with one attached hydrogen (secondary N) is 1. The van der Waals surface area contributed by atoms with Crippen molar-refractivity contribution in [2.45, 2.75) is 241 Å². The molecule has 1 saturated heterocycles. The van der Waals surface area contributed by atoms with E-state index in [1.807, 2.05) is 113 Å². The number of ketones is 1. The Balaban J connectivity index is 0.000000986. The van der Waals surface area contributed by atoms with Crippen molar-refractivity contribution in [3.8, 4) is 0 Å². The summed E-state index contributed by atoms with van der Waals surface area (Å²) in [5.41, 5.74) is 5.37. The van der Waals surface area contributed by atoms with Crippen molar-refractivity contribution in [3.05, 3.63) is 169 Å². The standard InChI is InChI=1S/C43H57NO10.C29H57NO10/c1-30(24-20-16-12-8-5-6-11-15-19-23-27-37(48)44-38-35(46)28-29-36(38)47)39(49)32(3)34(45)26-22-18-14-10-7-9-13-17-21-25-31(2)53-43-42(52)41(51)40(50)33(4)54-43;1-19(2)29(40)18-28(39)17-27(38)15-23(34)9-4-8-22(33)14-26(37)16-25(36)13-21(32)7-3-6-20(31)12-24(35)10-5-11-30/h5-24,26-27,30-34,39-43,45-46,49-52H,25,28-29H2,1-4H3,(H,44,48);3-4,7,9,19-29,31-40H,5-6,8,10-18,30H2,1-2H3/b8-5+,10-7+,11-6+,13-9+,16-12+,18-14+,19-15+,21-17+,24-20+,26-22+,27-23+;7-3+,9-4+. The smallest absolute Gasteiger partial charge is 0.248 e. The van der Waals surface area contributed by atoms with Gasteiger partial charge in [-0.05, 0) is 90.5 Å². The molecule has 532 valence electrons. The van der Waals surface area contributed by atoms with E-state index < -0.39 is 110 Å². The molecule has 0 aromatic rings. The Labute approximate surface area is 556 Å². The monoisotopic (exact) mass is 1330 g/mol. The minimum Gasteiger partial charge on any atom is -0.510 e. The largest absolute Gasteiger partial charge is 0.510 e. The Bertz CT molecular complexity index is 2510. The lowest BCUT2D eigenvalue weighted by Crippen LogP contribution is -2.57. The van der Waals surface area contributed by atoms with Crippen molar-refractivity contribution in [1.29, 1.82) is 0 Å². The highest BCUT2D eigenvalue weighted by Gasteiger charge is 2.43. The van der Waals surface area contributed by atoms with E-state index in [1.165, 1.54) is 30.4 Å². The highest BCUT2D eigenvalue weighted by Crippen LogP contribution is 2.25. The third-order valence-corrected chi connectivity index (χ3v) is 15.3. The Hall–Kier alpha value is -5.42. The number of carbonyl (C=O) groups excluding carboxylic acids is 2. The topological polar surface area (TPSA) is 414 Å². The van der Waals surface area contributed by atoms with Crippen LogP contribution >= 0.6 is 0 Å². The number of allylic oxidation sites excluding steroid dienone is 20. The van der Waals surface area contributed by atoms with Crippen LogP contribution < -0.4 is 11.1 Å². The number of hydrogen-bond acceptors (Lipinski definition) is 21. The van der Waals surface area contributed by atoms with Crippen molar-refractivity contribution < 1.29 is 101 Å². The summed E-state index contributed by atoms with van der Waals surface area (Å²) in [5.74, 6) is -1.42. The van der Waals surface area contributed by atoms with Crippen molar-refractivity contribution in [2.24, 2.45) is 23.5 Å². The van der Waals surface area contributed by atoms with Gasteiger partial charge < -0.3 is 102 Å². The van der Waals surface area contributed by atoms with Gasteiger partial charge in [-0.3, -0.25) is 9.59 Å². The lowest BCUT2D eigenvalue weighted by Gasteiger charge is -2.39. The van der Waals surface area contributed by atoms with Crippen LogP contribution in [0.2, 0.25) is 0 Å². The molecule has 1 aliphatic heterocycles. The third kappa shape index (κ3) is 40.9. The van der Waals surface area contributed by atoms with Crippen LogP contribution in [0.3, 0.4) is 0 Å². The fourth-order valence-corrected chi connectivity index (χ4v) is 9.49. The van der Waals surface area contributed by atoms with Crippen LogP contribution in [-0.4, -0.2) is 210 Å². The highest BCUT2D eigenvalue weighted by atomic mass is 16.7. The molecule has 0 bridgehead atoms. The van der Waals surface area contributed by atoms with E-state index in [-0.39, 0.29) is 112 Å². The summed E-state index contributed by atoms with van der Waals surface area (Å²) in [6.07, 6.45) is 31.7. The van der Waals surface area contributed by atoms with Gasteiger partial charge in [0, 0.05) is 43.6 Å². The molecule has 20 atom stereocenters. The van der Waals surface area contributed by atoms with E-state index in [2.05, 4.69) is 5.32 Å². The van der Waals surface area contributed by atoms with Gasteiger partial charge in [-0.25, -0.2) is 0 Å². The average Bonchev–Trinajstić information content (AvgIpc) is 1.02. The molecule has 0 aromatic carbocycles. The first kappa shape index (κ1) is 86.6. The van der Waals surface area contributed by atoms with Crippen molar-refractivity contribution in [1.82, 2.24) is 5.32 Å². The summed E-state index contributed by atoms with van der Waals surface area (Å²) in [7, 11) is 0. The summed E-state index contributed by atoms with van der Waals surface area (Å²) in [6.45, 7) is 11.3. The van der Waals surface area contributed by atoms with Gasteiger partial charge in [0.1, 0.15) is 29.8 Å². The fraction of sp³-hybridized carbons (Fsp3) is 0.583. The van der Waals surface area contributed by atoms with E-state index >= 15 is 0 Å². The second-order valence-corrected chi connectivity index (χ2v) is 24.5.